The fourth-order valence-electron chi connectivity index (χ4n) is 6.14. The number of nitrogens with zero attached hydrogens (tertiary/aromatic N) is 1. The van der Waals surface area contributed by atoms with Gasteiger partial charge in [-0.15, -0.1) is 0 Å². The van der Waals surface area contributed by atoms with E-state index in [-0.39, 0.29) is 25.4 Å². The van der Waals surface area contributed by atoms with Crippen LogP contribution >= 0.6 is 7.82 Å². The molecule has 11 heteroatoms. The second-order valence-corrected chi connectivity index (χ2v) is 17.8. The van der Waals surface area contributed by atoms with Gasteiger partial charge in [0.25, 0.3) is 7.82 Å². The maximum absolute atomic E-state index is 12.9. The monoisotopic (exact) mass is 801 g/mol. The van der Waals surface area contributed by atoms with Crippen molar-refractivity contribution >= 4 is 13.7 Å². The molecular formula is C44H85N2O8P. The fraction of sp³-hybridized carbons (Fsp3) is 0.841. The van der Waals surface area contributed by atoms with Crippen molar-refractivity contribution in [1.29, 1.82) is 0 Å². The fourth-order valence-corrected chi connectivity index (χ4v) is 6.86. The van der Waals surface area contributed by atoms with E-state index in [4.69, 9.17) is 9.05 Å². The molecule has 4 N–H and O–H groups in total. The van der Waals surface area contributed by atoms with Crippen LogP contribution in [0, 0.1) is 0 Å². The molecule has 0 saturated heterocycles. The summed E-state index contributed by atoms with van der Waals surface area (Å²) in [4.78, 5) is 25.3. The number of hydrogen-bond donors (Lipinski definition) is 4. The SMILES string of the molecule is CCCCC/C=C\C/C=C\C/C=C\CC(O)C(O)CCCC(=O)N[C@@H](COP(=O)([O-])OCC[N+](C)(C)C)[C@H](O)CCCCCCCCCCCCCCCC. The van der Waals surface area contributed by atoms with Crippen molar-refractivity contribution in [2.75, 3.05) is 40.9 Å². The van der Waals surface area contributed by atoms with Crippen LogP contribution in [0.4, 0.5) is 0 Å². The highest BCUT2D eigenvalue weighted by atomic mass is 31.2. The molecule has 0 saturated carbocycles. The number of aliphatic hydroxyl groups is 3. The Kier molecular flexibility index (Phi) is 34.9. The van der Waals surface area contributed by atoms with Crippen LogP contribution in [0.15, 0.2) is 36.5 Å². The summed E-state index contributed by atoms with van der Waals surface area (Å²) >= 11 is 0. The van der Waals surface area contributed by atoms with Gasteiger partial charge in [0.2, 0.25) is 5.91 Å². The van der Waals surface area contributed by atoms with Gasteiger partial charge in [-0.3, -0.25) is 9.36 Å². The number of aliphatic hydroxyl groups excluding tert-OH is 3. The van der Waals surface area contributed by atoms with Gasteiger partial charge in [0.05, 0.1) is 52.1 Å². The molecule has 0 aliphatic carbocycles. The number of allylic oxidation sites excluding steroid dienone is 5. The third-order valence-corrected chi connectivity index (χ3v) is 10.8. The molecule has 0 fully saturated rings. The van der Waals surface area contributed by atoms with Crippen molar-refractivity contribution in [2.45, 2.75) is 199 Å². The van der Waals surface area contributed by atoms with Gasteiger partial charge in [0, 0.05) is 6.42 Å². The first-order chi connectivity index (χ1) is 26.3. The van der Waals surface area contributed by atoms with Gasteiger partial charge in [-0.25, -0.2) is 0 Å². The number of nitrogens with one attached hydrogen (secondary N) is 1. The number of rotatable bonds is 39. The molecule has 0 spiro atoms. The molecule has 10 nitrogen and oxygen atoms in total. The van der Waals surface area contributed by atoms with Crippen molar-refractivity contribution in [3.8, 4) is 0 Å². The lowest BCUT2D eigenvalue weighted by Crippen LogP contribution is -2.46. The number of unbranched alkanes of at least 4 members (excludes halogenated alkanes) is 16. The summed E-state index contributed by atoms with van der Waals surface area (Å²) in [7, 11) is 1.12. The van der Waals surface area contributed by atoms with Crippen LogP contribution in [-0.4, -0.2) is 91.0 Å². The summed E-state index contributed by atoms with van der Waals surface area (Å²) in [5, 5.41) is 34.6. The molecule has 3 unspecified atom stereocenters. The standard InChI is InChI=1S/C44H85N2O8P/c1-6-8-10-12-14-16-18-20-21-23-24-26-28-30-33-41(47)40(39-54-55(51,52)53-38-37-46(3,4)5)45-44(50)36-32-35-43(49)42(48)34-31-29-27-25-22-19-17-15-13-11-9-7-2/h15,17,22,25,29,31,40-43,47-49H,6-14,16,18-21,23-24,26-28,30,32-39H2,1-5H3,(H-,45,50,51,52)/b17-15-,25-22-,31-29-/t40-,41+,42?,43?/m0/s1. The van der Waals surface area contributed by atoms with E-state index in [2.05, 4.69) is 43.5 Å². The first kappa shape index (κ1) is 53.6. The highest BCUT2D eigenvalue weighted by molar-refractivity contribution is 7.45. The van der Waals surface area contributed by atoms with Crippen molar-refractivity contribution in [1.82, 2.24) is 5.32 Å². The minimum absolute atomic E-state index is 0.0406. The van der Waals surface area contributed by atoms with E-state index in [9.17, 15) is 29.6 Å². The van der Waals surface area contributed by atoms with E-state index in [0.29, 0.717) is 30.3 Å². The third-order valence-electron chi connectivity index (χ3n) is 9.83. The van der Waals surface area contributed by atoms with Crippen LogP contribution < -0.4 is 10.2 Å². The second-order valence-electron chi connectivity index (χ2n) is 16.4. The molecule has 5 atom stereocenters. The van der Waals surface area contributed by atoms with E-state index in [1.54, 1.807) is 0 Å². The molecule has 55 heavy (non-hydrogen) atoms. The van der Waals surface area contributed by atoms with Crippen LogP contribution in [0.3, 0.4) is 0 Å². The molecule has 0 radical (unpaired) electrons. The Morgan fingerprint density at radius 3 is 1.71 bits per heavy atom. The van der Waals surface area contributed by atoms with Crippen LogP contribution in [0.25, 0.3) is 0 Å². The molecule has 0 heterocycles. The minimum atomic E-state index is -4.64. The molecule has 0 aromatic rings. The average Bonchev–Trinajstić information content (AvgIpc) is 3.13. The van der Waals surface area contributed by atoms with Crippen molar-refractivity contribution in [3.05, 3.63) is 36.5 Å². The van der Waals surface area contributed by atoms with E-state index in [0.717, 1.165) is 44.9 Å². The second kappa shape index (κ2) is 35.8. The van der Waals surface area contributed by atoms with Crippen LogP contribution in [0.5, 0.6) is 0 Å². The van der Waals surface area contributed by atoms with E-state index in [1.807, 2.05) is 33.3 Å². The lowest BCUT2D eigenvalue weighted by atomic mass is 10.0. The number of likely N-dealkylation sites (N-methyl/N-ethyl adjacent to an activating group) is 1. The number of amides is 1. The number of carbonyl (C=O) groups excluding carboxylic acids is 1. The highest BCUT2D eigenvalue weighted by Crippen LogP contribution is 2.38. The zero-order valence-corrected chi connectivity index (χ0v) is 36.7. The first-order valence-corrected chi connectivity index (χ1v) is 23.5. The maximum Gasteiger partial charge on any atom is 0.268 e. The molecule has 0 aromatic carbocycles. The minimum Gasteiger partial charge on any atom is -0.756 e. The third kappa shape index (κ3) is 36.7. The van der Waals surface area contributed by atoms with Gasteiger partial charge in [-0.2, -0.15) is 0 Å². The predicted octanol–water partition coefficient (Wildman–Crippen LogP) is 9.22. The predicted molar refractivity (Wildman–Crippen MR) is 227 cm³/mol. The lowest BCUT2D eigenvalue weighted by molar-refractivity contribution is -0.870. The summed E-state index contributed by atoms with van der Waals surface area (Å²) in [5.74, 6) is -0.385. The quantitative estimate of drug-likeness (QED) is 0.0208. The Hall–Kier alpha value is -1.36. The van der Waals surface area contributed by atoms with Crippen LogP contribution in [-0.2, 0) is 18.4 Å². The zero-order valence-electron chi connectivity index (χ0n) is 35.8. The largest absolute Gasteiger partial charge is 0.756 e. The topological polar surface area (TPSA) is 148 Å². The van der Waals surface area contributed by atoms with E-state index >= 15 is 0 Å². The van der Waals surface area contributed by atoms with Gasteiger partial charge >= 0.3 is 0 Å². The molecule has 324 valence electrons. The summed E-state index contributed by atoms with van der Waals surface area (Å²) in [5.41, 5.74) is 0. The van der Waals surface area contributed by atoms with Gasteiger partial charge < -0.3 is 39.1 Å². The van der Waals surface area contributed by atoms with E-state index < -0.39 is 38.8 Å². The molecule has 1 amide bonds. The molecule has 0 aliphatic heterocycles. The van der Waals surface area contributed by atoms with Crippen molar-refractivity contribution < 1.29 is 43.1 Å². The molecule has 0 aliphatic rings. The zero-order chi connectivity index (χ0) is 41.0. The number of quaternary nitrogens is 1. The number of phosphoric ester groups is 1. The van der Waals surface area contributed by atoms with Crippen LogP contribution in [0.2, 0.25) is 0 Å². The van der Waals surface area contributed by atoms with Gasteiger partial charge in [0.1, 0.15) is 13.2 Å². The Labute approximate surface area is 337 Å². The molecular weight excluding hydrogens is 715 g/mol. The van der Waals surface area contributed by atoms with E-state index in [1.165, 1.54) is 83.5 Å². The Morgan fingerprint density at radius 1 is 0.655 bits per heavy atom. The Balaban J connectivity index is 4.65. The molecule has 0 bridgehead atoms. The number of hydrogen-bond acceptors (Lipinski definition) is 8. The highest BCUT2D eigenvalue weighted by Gasteiger charge is 2.25. The smallest absolute Gasteiger partial charge is 0.268 e. The molecule has 0 aromatic heterocycles. The summed E-state index contributed by atoms with van der Waals surface area (Å²) in [6, 6.07) is -0.935. The normalized spacial score (nSPS) is 15.9. The molecule has 0 rings (SSSR count). The van der Waals surface area contributed by atoms with Crippen molar-refractivity contribution in [3.63, 3.8) is 0 Å². The summed E-state index contributed by atoms with van der Waals surface area (Å²) in [6.45, 7) is 4.44. The Bertz CT molecular complexity index is 1030. The van der Waals surface area contributed by atoms with Gasteiger partial charge in [0.15, 0.2) is 0 Å². The van der Waals surface area contributed by atoms with Gasteiger partial charge in [-0.1, -0.05) is 153 Å². The Morgan fingerprint density at radius 2 is 1.15 bits per heavy atom. The maximum atomic E-state index is 12.9. The summed E-state index contributed by atoms with van der Waals surface area (Å²) < 4.78 is 23.1. The average molecular weight is 801 g/mol. The number of phosphoric acid groups is 1. The summed E-state index contributed by atoms with van der Waals surface area (Å²) in [6.07, 6.45) is 34.5. The van der Waals surface area contributed by atoms with Crippen molar-refractivity contribution in [2.24, 2.45) is 0 Å². The number of carbonyl (C=O) groups is 1. The lowest BCUT2D eigenvalue weighted by Gasteiger charge is -2.30. The first-order valence-electron chi connectivity index (χ1n) is 22.0. The van der Waals surface area contributed by atoms with Crippen LogP contribution in [0.1, 0.15) is 174 Å². The van der Waals surface area contributed by atoms with Gasteiger partial charge in [-0.05, 0) is 51.4 Å².